The van der Waals surface area contributed by atoms with Gasteiger partial charge in [-0.05, 0) is 35.2 Å². The highest BCUT2D eigenvalue weighted by Gasteiger charge is 2.35. The number of halogens is 1. The van der Waals surface area contributed by atoms with E-state index in [0.717, 1.165) is 11.6 Å². The van der Waals surface area contributed by atoms with Gasteiger partial charge >= 0.3 is 0 Å². The van der Waals surface area contributed by atoms with Crippen molar-refractivity contribution in [2.24, 2.45) is 0 Å². The first-order valence-electron chi connectivity index (χ1n) is 8.12. The van der Waals surface area contributed by atoms with Crippen molar-refractivity contribution in [3.05, 3.63) is 81.0 Å². The van der Waals surface area contributed by atoms with Gasteiger partial charge in [0.15, 0.2) is 5.43 Å². The molecule has 0 aliphatic carbocycles. The Kier molecular flexibility index (Phi) is 3.46. The number of rotatable bonds is 2. The molecule has 2 aromatic carbocycles. The fourth-order valence-corrected chi connectivity index (χ4v) is 3.20. The number of carbonyl (C=O) groups excluding carboxylic acids is 1. The lowest BCUT2D eigenvalue weighted by Gasteiger charge is -2.13. The van der Waals surface area contributed by atoms with Crippen LogP contribution in [0.3, 0.4) is 0 Å². The molecular formula is C20H16FNO3. The highest BCUT2D eigenvalue weighted by atomic mass is 19.1. The summed E-state index contributed by atoms with van der Waals surface area (Å²) in [6.07, 6.45) is 0. The second-order valence-electron chi connectivity index (χ2n) is 6.54. The predicted octanol–water partition coefficient (Wildman–Crippen LogP) is 3.89. The normalized spacial score (nSPS) is 16.3. The number of hydrogen-bond donors (Lipinski definition) is 1. The lowest BCUT2D eigenvalue weighted by atomic mass is 9.96. The summed E-state index contributed by atoms with van der Waals surface area (Å²) < 4.78 is 19.1. The van der Waals surface area contributed by atoms with Crippen molar-refractivity contribution in [2.75, 3.05) is 0 Å². The molecule has 0 saturated carbocycles. The van der Waals surface area contributed by atoms with Crippen molar-refractivity contribution in [3.8, 4) is 0 Å². The summed E-state index contributed by atoms with van der Waals surface area (Å²) in [5.74, 6) is -0.565. The number of benzene rings is 2. The third-order valence-electron chi connectivity index (χ3n) is 4.59. The van der Waals surface area contributed by atoms with Crippen LogP contribution in [0, 0.1) is 5.82 Å². The predicted molar refractivity (Wildman–Crippen MR) is 92.3 cm³/mol. The van der Waals surface area contributed by atoms with Crippen LogP contribution in [0.4, 0.5) is 4.39 Å². The zero-order valence-electron chi connectivity index (χ0n) is 13.8. The van der Waals surface area contributed by atoms with Gasteiger partial charge in [0.25, 0.3) is 5.91 Å². The number of fused-ring (bicyclic) bond motifs is 2. The summed E-state index contributed by atoms with van der Waals surface area (Å²) in [7, 11) is 0. The van der Waals surface area contributed by atoms with Gasteiger partial charge in [-0.2, -0.15) is 0 Å². The Bertz CT molecular complexity index is 1050. The van der Waals surface area contributed by atoms with Crippen molar-refractivity contribution in [1.82, 2.24) is 5.32 Å². The Balaban J connectivity index is 1.90. The molecule has 4 rings (SSSR count). The van der Waals surface area contributed by atoms with Crippen LogP contribution < -0.4 is 10.7 Å². The Morgan fingerprint density at radius 2 is 1.80 bits per heavy atom. The van der Waals surface area contributed by atoms with Gasteiger partial charge in [-0.1, -0.05) is 38.1 Å². The van der Waals surface area contributed by atoms with E-state index in [1.807, 2.05) is 24.3 Å². The molecule has 0 radical (unpaired) electrons. The summed E-state index contributed by atoms with van der Waals surface area (Å²) in [5, 5.41) is 2.93. The van der Waals surface area contributed by atoms with Crippen LogP contribution in [-0.2, 0) is 0 Å². The van der Waals surface area contributed by atoms with E-state index in [2.05, 4.69) is 19.2 Å². The maximum atomic E-state index is 13.5. The van der Waals surface area contributed by atoms with E-state index in [-0.39, 0.29) is 27.7 Å². The standard InChI is InChI=1S/C20H16FNO3/c1-10(2)11-3-5-12(6-4-11)17-16-18(23)14-9-13(21)7-8-15(14)25-19(16)20(24)22-17/h3-10,17H,1-2H3,(H,22,24). The molecule has 1 aliphatic rings. The summed E-state index contributed by atoms with van der Waals surface area (Å²) in [6, 6.07) is 10.9. The van der Waals surface area contributed by atoms with E-state index in [9.17, 15) is 14.0 Å². The maximum Gasteiger partial charge on any atom is 0.288 e. The highest BCUT2D eigenvalue weighted by Crippen LogP contribution is 2.31. The van der Waals surface area contributed by atoms with Crippen LogP contribution >= 0.6 is 0 Å². The molecule has 1 atom stereocenters. The number of carbonyl (C=O) groups is 1. The molecule has 0 saturated heterocycles. The van der Waals surface area contributed by atoms with Crippen LogP contribution in [0.25, 0.3) is 11.0 Å². The number of nitrogens with one attached hydrogen (secondary N) is 1. The lowest BCUT2D eigenvalue weighted by Crippen LogP contribution is -2.22. The molecule has 1 aliphatic heterocycles. The van der Waals surface area contributed by atoms with Crippen molar-refractivity contribution in [2.45, 2.75) is 25.8 Å². The highest BCUT2D eigenvalue weighted by molar-refractivity contribution is 5.98. The van der Waals surface area contributed by atoms with Crippen LogP contribution in [0.5, 0.6) is 0 Å². The Morgan fingerprint density at radius 1 is 1.08 bits per heavy atom. The molecule has 0 bridgehead atoms. The molecule has 2 heterocycles. The van der Waals surface area contributed by atoms with E-state index >= 15 is 0 Å². The molecule has 0 fully saturated rings. The van der Waals surface area contributed by atoms with Crippen LogP contribution in [0.15, 0.2) is 51.7 Å². The Hall–Kier alpha value is -2.95. The molecule has 1 unspecified atom stereocenters. The largest absolute Gasteiger partial charge is 0.450 e. The first-order chi connectivity index (χ1) is 12.0. The number of amides is 1. The minimum absolute atomic E-state index is 0.00189. The van der Waals surface area contributed by atoms with Gasteiger partial charge in [0.2, 0.25) is 5.76 Å². The average molecular weight is 337 g/mol. The molecule has 126 valence electrons. The van der Waals surface area contributed by atoms with Gasteiger partial charge in [0.05, 0.1) is 17.0 Å². The average Bonchev–Trinajstić information content (AvgIpc) is 2.93. The quantitative estimate of drug-likeness (QED) is 0.772. The molecule has 0 spiro atoms. The van der Waals surface area contributed by atoms with E-state index in [4.69, 9.17) is 4.42 Å². The zero-order chi connectivity index (χ0) is 17.7. The smallest absolute Gasteiger partial charge is 0.288 e. The maximum absolute atomic E-state index is 13.5. The van der Waals surface area contributed by atoms with Crippen LogP contribution in [0.2, 0.25) is 0 Å². The summed E-state index contributed by atoms with van der Waals surface area (Å²) in [6.45, 7) is 4.19. The molecule has 1 N–H and O–H groups in total. The van der Waals surface area contributed by atoms with E-state index < -0.39 is 17.8 Å². The van der Waals surface area contributed by atoms with Crippen molar-refractivity contribution < 1.29 is 13.6 Å². The third-order valence-corrected chi connectivity index (χ3v) is 4.59. The summed E-state index contributed by atoms with van der Waals surface area (Å²) >= 11 is 0. The summed E-state index contributed by atoms with van der Waals surface area (Å²) in [5.41, 5.74) is 2.02. The van der Waals surface area contributed by atoms with Gasteiger partial charge in [0.1, 0.15) is 11.4 Å². The second kappa shape index (κ2) is 5.55. The molecule has 3 aromatic rings. The summed E-state index contributed by atoms with van der Waals surface area (Å²) in [4.78, 5) is 25.1. The van der Waals surface area contributed by atoms with Crippen molar-refractivity contribution >= 4 is 16.9 Å². The molecular weight excluding hydrogens is 321 g/mol. The van der Waals surface area contributed by atoms with E-state index in [1.54, 1.807) is 0 Å². The fraction of sp³-hybridized carbons (Fsp3) is 0.200. The molecule has 1 aromatic heterocycles. The van der Waals surface area contributed by atoms with Crippen LogP contribution in [0.1, 0.15) is 53.1 Å². The van der Waals surface area contributed by atoms with Gasteiger partial charge in [-0.15, -0.1) is 0 Å². The van der Waals surface area contributed by atoms with Crippen LogP contribution in [-0.4, -0.2) is 5.91 Å². The van der Waals surface area contributed by atoms with Gasteiger partial charge < -0.3 is 9.73 Å². The lowest BCUT2D eigenvalue weighted by molar-refractivity contribution is 0.0938. The molecule has 5 heteroatoms. The zero-order valence-corrected chi connectivity index (χ0v) is 13.8. The first kappa shape index (κ1) is 15.6. The Morgan fingerprint density at radius 3 is 2.48 bits per heavy atom. The minimum atomic E-state index is -0.590. The molecule has 1 amide bonds. The topological polar surface area (TPSA) is 59.3 Å². The van der Waals surface area contributed by atoms with Gasteiger partial charge in [0, 0.05) is 0 Å². The minimum Gasteiger partial charge on any atom is -0.450 e. The third kappa shape index (κ3) is 2.43. The second-order valence-corrected chi connectivity index (χ2v) is 6.54. The first-order valence-corrected chi connectivity index (χ1v) is 8.12. The van der Waals surface area contributed by atoms with E-state index in [0.29, 0.717) is 5.92 Å². The SMILES string of the molecule is CC(C)c1ccc(C2NC(=O)c3oc4ccc(F)cc4c(=O)c32)cc1. The van der Waals surface area contributed by atoms with Gasteiger partial charge in [-0.25, -0.2) is 4.39 Å². The van der Waals surface area contributed by atoms with E-state index in [1.165, 1.54) is 17.7 Å². The number of hydrogen-bond acceptors (Lipinski definition) is 3. The van der Waals surface area contributed by atoms with Crippen molar-refractivity contribution in [1.29, 1.82) is 0 Å². The molecule has 25 heavy (non-hydrogen) atoms. The molecule has 4 nitrogen and oxygen atoms in total. The Labute approximate surface area is 143 Å². The van der Waals surface area contributed by atoms with Gasteiger partial charge in [-0.3, -0.25) is 9.59 Å². The van der Waals surface area contributed by atoms with Crippen molar-refractivity contribution in [3.63, 3.8) is 0 Å². The fourth-order valence-electron chi connectivity index (χ4n) is 3.20. The monoisotopic (exact) mass is 337 g/mol.